The Bertz CT molecular complexity index is 486. The zero-order chi connectivity index (χ0) is 14.6. The number of rotatable bonds is 5. The van der Waals surface area contributed by atoms with Gasteiger partial charge in [-0.2, -0.15) is 0 Å². The summed E-state index contributed by atoms with van der Waals surface area (Å²) < 4.78 is 0.701. The summed E-state index contributed by atoms with van der Waals surface area (Å²) in [5, 5.41) is 11.7. The van der Waals surface area contributed by atoms with Crippen molar-refractivity contribution >= 4 is 27.8 Å². The van der Waals surface area contributed by atoms with E-state index in [2.05, 4.69) is 21.2 Å². The normalized spacial score (nSPS) is 12.3. The standard InChI is InChI=1S/C14H18BrNO3/c1-8(2)11(14(18)19)7-16-13(17)10-6-9(3)4-5-12(10)15/h4-6,8,11H,7H2,1-3H3,(H,16,17)(H,18,19). The van der Waals surface area contributed by atoms with Crippen LogP contribution in [0.5, 0.6) is 0 Å². The molecule has 0 saturated heterocycles. The zero-order valence-corrected chi connectivity index (χ0v) is 12.8. The summed E-state index contributed by atoms with van der Waals surface area (Å²) in [6, 6.07) is 5.47. The highest BCUT2D eigenvalue weighted by atomic mass is 79.9. The highest BCUT2D eigenvalue weighted by Crippen LogP contribution is 2.18. The highest BCUT2D eigenvalue weighted by Gasteiger charge is 2.22. The van der Waals surface area contributed by atoms with Gasteiger partial charge in [0, 0.05) is 11.0 Å². The quantitative estimate of drug-likeness (QED) is 0.873. The molecule has 2 N–H and O–H groups in total. The molecular formula is C14H18BrNO3. The molecule has 1 unspecified atom stereocenters. The van der Waals surface area contributed by atoms with Crippen LogP contribution in [0.15, 0.2) is 22.7 Å². The van der Waals surface area contributed by atoms with E-state index in [0.29, 0.717) is 10.0 Å². The number of carbonyl (C=O) groups excluding carboxylic acids is 1. The number of amides is 1. The zero-order valence-electron chi connectivity index (χ0n) is 11.2. The second-order valence-electron chi connectivity index (χ2n) is 4.88. The summed E-state index contributed by atoms with van der Waals surface area (Å²) in [6.45, 7) is 5.69. The summed E-state index contributed by atoms with van der Waals surface area (Å²) in [6.07, 6.45) is 0. The predicted molar refractivity (Wildman–Crippen MR) is 77.2 cm³/mol. The molecule has 0 aliphatic heterocycles. The first-order valence-corrected chi connectivity index (χ1v) is 6.89. The molecule has 4 nitrogen and oxygen atoms in total. The third kappa shape index (κ3) is 4.35. The van der Waals surface area contributed by atoms with Crippen LogP contribution in [0.2, 0.25) is 0 Å². The van der Waals surface area contributed by atoms with Crippen molar-refractivity contribution in [2.45, 2.75) is 20.8 Å². The summed E-state index contributed by atoms with van der Waals surface area (Å²) in [5.41, 5.74) is 1.50. The summed E-state index contributed by atoms with van der Waals surface area (Å²) in [7, 11) is 0. The van der Waals surface area contributed by atoms with E-state index in [0.717, 1.165) is 5.56 Å². The SMILES string of the molecule is Cc1ccc(Br)c(C(=O)NCC(C(=O)O)C(C)C)c1. The van der Waals surface area contributed by atoms with Crippen LogP contribution in [0.25, 0.3) is 0 Å². The summed E-state index contributed by atoms with van der Waals surface area (Å²) in [5.74, 6) is -1.76. The molecule has 0 spiro atoms. The van der Waals surface area contributed by atoms with E-state index in [9.17, 15) is 9.59 Å². The Labute approximate surface area is 121 Å². The Kier molecular flexibility index (Phi) is 5.54. The van der Waals surface area contributed by atoms with Crippen LogP contribution in [0.1, 0.15) is 29.8 Å². The van der Waals surface area contributed by atoms with Gasteiger partial charge in [-0.05, 0) is 40.9 Å². The maximum Gasteiger partial charge on any atom is 0.308 e. The van der Waals surface area contributed by atoms with Crippen LogP contribution in [0.3, 0.4) is 0 Å². The van der Waals surface area contributed by atoms with Gasteiger partial charge in [-0.3, -0.25) is 9.59 Å². The first-order chi connectivity index (χ1) is 8.82. The Hall–Kier alpha value is -1.36. The number of carbonyl (C=O) groups is 2. The molecule has 19 heavy (non-hydrogen) atoms. The average Bonchev–Trinajstić information content (AvgIpc) is 2.31. The average molecular weight is 328 g/mol. The Morgan fingerprint density at radius 1 is 1.37 bits per heavy atom. The van der Waals surface area contributed by atoms with Crippen molar-refractivity contribution in [3.63, 3.8) is 0 Å². The first-order valence-electron chi connectivity index (χ1n) is 6.10. The van der Waals surface area contributed by atoms with Gasteiger partial charge in [-0.1, -0.05) is 25.5 Å². The number of nitrogens with one attached hydrogen (secondary N) is 1. The molecule has 104 valence electrons. The van der Waals surface area contributed by atoms with E-state index >= 15 is 0 Å². The van der Waals surface area contributed by atoms with Gasteiger partial charge in [0.2, 0.25) is 0 Å². The van der Waals surface area contributed by atoms with E-state index < -0.39 is 11.9 Å². The van der Waals surface area contributed by atoms with Gasteiger partial charge < -0.3 is 10.4 Å². The molecule has 0 aliphatic rings. The van der Waals surface area contributed by atoms with Gasteiger partial charge in [0.1, 0.15) is 0 Å². The number of hydrogen-bond acceptors (Lipinski definition) is 2. The smallest absolute Gasteiger partial charge is 0.308 e. The number of carboxylic acid groups (broad SMARTS) is 1. The summed E-state index contributed by atoms with van der Waals surface area (Å²) >= 11 is 3.32. The minimum absolute atomic E-state index is 0.0289. The molecule has 0 aliphatic carbocycles. The minimum atomic E-state index is -0.890. The Balaban J connectivity index is 2.75. The molecule has 1 atom stereocenters. The fourth-order valence-corrected chi connectivity index (χ4v) is 2.15. The maximum absolute atomic E-state index is 12.0. The van der Waals surface area contributed by atoms with E-state index in [-0.39, 0.29) is 18.4 Å². The number of aryl methyl sites for hydroxylation is 1. The molecule has 0 fully saturated rings. The monoisotopic (exact) mass is 327 g/mol. The van der Waals surface area contributed by atoms with Crippen molar-refractivity contribution in [1.82, 2.24) is 5.32 Å². The van der Waals surface area contributed by atoms with E-state index in [1.165, 1.54) is 0 Å². The Morgan fingerprint density at radius 3 is 2.53 bits per heavy atom. The maximum atomic E-state index is 12.0. The van der Waals surface area contributed by atoms with Crippen LogP contribution in [0.4, 0.5) is 0 Å². The van der Waals surface area contributed by atoms with Gasteiger partial charge in [0.15, 0.2) is 0 Å². The van der Waals surface area contributed by atoms with Crippen LogP contribution >= 0.6 is 15.9 Å². The largest absolute Gasteiger partial charge is 0.481 e. The van der Waals surface area contributed by atoms with Crippen molar-refractivity contribution in [3.8, 4) is 0 Å². The van der Waals surface area contributed by atoms with Crippen LogP contribution < -0.4 is 5.32 Å². The van der Waals surface area contributed by atoms with Crippen molar-refractivity contribution in [2.75, 3.05) is 6.54 Å². The first kappa shape index (κ1) is 15.7. The van der Waals surface area contributed by atoms with Crippen LogP contribution in [-0.4, -0.2) is 23.5 Å². The number of benzene rings is 1. The molecule has 1 rings (SSSR count). The second kappa shape index (κ2) is 6.70. The van der Waals surface area contributed by atoms with Crippen molar-refractivity contribution in [3.05, 3.63) is 33.8 Å². The van der Waals surface area contributed by atoms with Crippen molar-refractivity contribution in [1.29, 1.82) is 0 Å². The van der Waals surface area contributed by atoms with Crippen LogP contribution in [-0.2, 0) is 4.79 Å². The lowest BCUT2D eigenvalue weighted by atomic mass is 9.96. The number of halogens is 1. The van der Waals surface area contributed by atoms with E-state index in [4.69, 9.17) is 5.11 Å². The van der Waals surface area contributed by atoms with Crippen molar-refractivity contribution < 1.29 is 14.7 Å². The van der Waals surface area contributed by atoms with E-state index in [1.54, 1.807) is 12.1 Å². The third-order valence-electron chi connectivity index (χ3n) is 2.97. The van der Waals surface area contributed by atoms with Gasteiger partial charge in [0.25, 0.3) is 5.91 Å². The second-order valence-corrected chi connectivity index (χ2v) is 5.74. The molecule has 0 bridgehead atoms. The third-order valence-corrected chi connectivity index (χ3v) is 3.66. The molecule has 1 aromatic rings. The van der Waals surface area contributed by atoms with Gasteiger partial charge in [-0.15, -0.1) is 0 Å². The predicted octanol–water partition coefficient (Wildman–Crippen LogP) is 2.84. The van der Waals surface area contributed by atoms with Gasteiger partial charge >= 0.3 is 5.97 Å². The molecule has 0 heterocycles. The van der Waals surface area contributed by atoms with Gasteiger partial charge in [0.05, 0.1) is 11.5 Å². The number of carboxylic acids is 1. The molecule has 1 aromatic carbocycles. The van der Waals surface area contributed by atoms with E-state index in [1.807, 2.05) is 26.8 Å². The lowest BCUT2D eigenvalue weighted by Crippen LogP contribution is -2.35. The van der Waals surface area contributed by atoms with Gasteiger partial charge in [-0.25, -0.2) is 0 Å². The van der Waals surface area contributed by atoms with Crippen LogP contribution in [0, 0.1) is 18.8 Å². The molecule has 0 aromatic heterocycles. The molecule has 0 saturated carbocycles. The fraction of sp³-hybridized carbons (Fsp3) is 0.429. The summed E-state index contributed by atoms with van der Waals surface area (Å²) in [4.78, 5) is 23.1. The topological polar surface area (TPSA) is 66.4 Å². The highest BCUT2D eigenvalue weighted by molar-refractivity contribution is 9.10. The molecule has 0 radical (unpaired) electrons. The lowest BCUT2D eigenvalue weighted by molar-refractivity contribution is -0.142. The minimum Gasteiger partial charge on any atom is -0.481 e. The lowest BCUT2D eigenvalue weighted by Gasteiger charge is -2.17. The van der Waals surface area contributed by atoms with Crippen molar-refractivity contribution in [2.24, 2.45) is 11.8 Å². The Morgan fingerprint density at radius 2 is 2.00 bits per heavy atom. The molecule has 1 amide bonds. The number of aliphatic carboxylic acids is 1. The number of hydrogen-bond donors (Lipinski definition) is 2. The molecular weight excluding hydrogens is 310 g/mol. The molecule has 5 heteroatoms. The fourth-order valence-electron chi connectivity index (χ4n) is 1.72.